The molecule has 0 atom stereocenters. The summed E-state index contributed by atoms with van der Waals surface area (Å²) in [7, 11) is 3.20. The number of H-pyrrole nitrogens is 1. The zero-order chi connectivity index (χ0) is 17.0. The van der Waals surface area contributed by atoms with Crippen molar-refractivity contribution in [2.45, 2.75) is 31.3 Å². The second kappa shape index (κ2) is 7.49. The van der Waals surface area contributed by atoms with Crippen LogP contribution in [0.4, 0.5) is 0 Å². The van der Waals surface area contributed by atoms with E-state index in [0.29, 0.717) is 22.9 Å². The summed E-state index contributed by atoms with van der Waals surface area (Å²) < 4.78 is 7.97. The molecule has 0 fully saturated rings. The van der Waals surface area contributed by atoms with Crippen LogP contribution in [0.3, 0.4) is 0 Å². The molecule has 23 heavy (non-hydrogen) atoms. The quantitative estimate of drug-likeness (QED) is 0.454. The van der Waals surface area contributed by atoms with E-state index in [-0.39, 0.29) is 11.7 Å². The fourth-order valence-corrected chi connectivity index (χ4v) is 2.89. The molecule has 1 N–H and O–H groups in total. The van der Waals surface area contributed by atoms with Crippen LogP contribution >= 0.6 is 11.8 Å². The molecule has 0 bridgehead atoms. The lowest BCUT2D eigenvalue weighted by Gasteiger charge is -2.04. The third-order valence-corrected chi connectivity index (χ3v) is 4.43. The van der Waals surface area contributed by atoms with Crippen molar-refractivity contribution < 1.29 is 9.53 Å². The summed E-state index contributed by atoms with van der Waals surface area (Å²) in [6.07, 6.45) is 2.96. The topological polar surface area (TPSA) is 99.0 Å². The zero-order valence-electron chi connectivity index (χ0n) is 13.4. The van der Waals surface area contributed by atoms with Gasteiger partial charge in [-0.25, -0.2) is 9.78 Å². The van der Waals surface area contributed by atoms with Crippen LogP contribution in [0.15, 0.2) is 14.7 Å². The van der Waals surface area contributed by atoms with E-state index >= 15 is 0 Å². The van der Waals surface area contributed by atoms with Gasteiger partial charge < -0.3 is 9.30 Å². The van der Waals surface area contributed by atoms with E-state index in [1.54, 1.807) is 11.6 Å². The van der Waals surface area contributed by atoms with Crippen molar-refractivity contribution in [3.8, 4) is 0 Å². The largest absolute Gasteiger partial charge is 0.465 e. The maximum absolute atomic E-state index is 11.9. The van der Waals surface area contributed by atoms with Crippen molar-refractivity contribution >= 4 is 28.9 Å². The number of esters is 1. The Labute approximate surface area is 136 Å². The number of aryl methyl sites for hydroxylation is 2. The minimum atomic E-state index is -0.521. The molecular formula is C14H20N4O4S. The number of ether oxygens (including phenoxy) is 1. The molecule has 0 saturated heterocycles. The molecule has 0 saturated carbocycles. The highest BCUT2D eigenvalue weighted by atomic mass is 32.2. The number of nitrogens with zero attached hydrogens (tertiary/aromatic N) is 3. The number of imidazole rings is 1. The van der Waals surface area contributed by atoms with Crippen LogP contribution in [0.5, 0.6) is 0 Å². The van der Waals surface area contributed by atoms with E-state index in [1.165, 1.54) is 23.4 Å². The molecule has 0 amide bonds. The van der Waals surface area contributed by atoms with Crippen molar-refractivity contribution in [1.29, 1.82) is 0 Å². The normalized spacial score (nSPS) is 11.1. The number of hydrogen-bond donors (Lipinski definition) is 1. The first-order valence-corrected chi connectivity index (χ1v) is 8.38. The lowest BCUT2D eigenvalue weighted by atomic mass is 10.3. The van der Waals surface area contributed by atoms with E-state index < -0.39 is 11.2 Å². The molecule has 9 heteroatoms. The van der Waals surface area contributed by atoms with Crippen LogP contribution in [0.25, 0.3) is 11.2 Å². The van der Waals surface area contributed by atoms with Crippen molar-refractivity contribution in [3.63, 3.8) is 0 Å². The van der Waals surface area contributed by atoms with Crippen LogP contribution in [-0.4, -0.2) is 37.4 Å². The Morgan fingerprint density at radius 2 is 2.00 bits per heavy atom. The molecule has 0 aliphatic rings. The van der Waals surface area contributed by atoms with Gasteiger partial charge in [0.1, 0.15) is 0 Å². The maximum Gasteiger partial charge on any atom is 0.329 e. The lowest BCUT2D eigenvalue weighted by Crippen LogP contribution is -2.29. The predicted molar refractivity (Wildman–Crippen MR) is 87.8 cm³/mol. The average molecular weight is 340 g/mol. The smallest absolute Gasteiger partial charge is 0.329 e. The Balaban J connectivity index is 2.10. The van der Waals surface area contributed by atoms with Gasteiger partial charge in [0.25, 0.3) is 5.56 Å². The second-order valence-electron chi connectivity index (χ2n) is 5.16. The highest BCUT2D eigenvalue weighted by Crippen LogP contribution is 2.19. The Kier molecular flexibility index (Phi) is 5.64. The number of carbonyl (C=O) groups excluding carboxylic acids is 1. The Bertz CT molecular complexity index is 821. The number of aromatic amines is 1. The first-order chi connectivity index (χ1) is 11.0. The standard InChI is InChI=1S/C14H20N4O4S/c1-4-5-6-7-22-9(19)8-23-14-15-11-10(17(14)2)12(20)16-13(21)18(11)3/h4-8H2,1-3H3,(H,16,20,21). The monoisotopic (exact) mass is 340 g/mol. The van der Waals surface area contributed by atoms with Crippen LogP contribution in [-0.2, 0) is 23.6 Å². The van der Waals surface area contributed by atoms with Gasteiger partial charge in [0.05, 0.1) is 12.4 Å². The van der Waals surface area contributed by atoms with Crippen molar-refractivity contribution in [3.05, 3.63) is 20.8 Å². The van der Waals surface area contributed by atoms with Gasteiger partial charge in [0, 0.05) is 14.1 Å². The number of aromatic nitrogens is 4. The molecule has 0 spiro atoms. The molecule has 8 nitrogen and oxygen atoms in total. The molecule has 0 aliphatic heterocycles. The van der Waals surface area contributed by atoms with Crippen molar-refractivity contribution in [1.82, 2.24) is 19.1 Å². The van der Waals surface area contributed by atoms with Gasteiger partial charge in [0.2, 0.25) is 0 Å². The molecule has 2 aromatic heterocycles. The third-order valence-electron chi connectivity index (χ3n) is 3.42. The van der Waals surface area contributed by atoms with Gasteiger partial charge in [-0.15, -0.1) is 0 Å². The molecule has 0 aromatic carbocycles. The van der Waals surface area contributed by atoms with Gasteiger partial charge >= 0.3 is 11.7 Å². The predicted octanol–water partition coefficient (Wildman–Crippen LogP) is 0.786. The molecule has 2 heterocycles. The molecule has 126 valence electrons. The van der Waals surface area contributed by atoms with E-state index in [2.05, 4.69) is 16.9 Å². The van der Waals surface area contributed by atoms with E-state index in [1.807, 2.05) is 0 Å². The number of hydrogen-bond acceptors (Lipinski definition) is 6. The Morgan fingerprint density at radius 1 is 1.26 bits per heavy atom. The number of thioether (sulfide) groups is 1. The van der Waals surface area contributed by atoms with Gasteiger partial charge in [0.15, 0.2) is 16.3 Å². The first kappa shape index (κ1) is 17.3. The summed E-state index contributed by atoms with van der Waals surface area (Å²) >= 11 is 1.18. The highest BCUT2D eigenvalue weighted by Gasteiger charge is 2.16. The molecule has 2 aromatic rings. The van der Waals surface area contributed by atoms with Gasteiger partial charge in [-0.3, -0.25) is 19.1 Å². The van der Waals surface area contributed by atoms with E-state index in [0.717, 1.165) is 19.3 Å². The minimum absolute atomic E-state index is 0.106. The number of rotatable bonds is 7. The molecular weight excluding hydrogens is 320 g/mol. The van der Waals surface area contributed by atoms with Crippen LogP contribution < -0.4 is 11.2 Å². The lowest BCUT2D eigenvalue weighted by molar-refractivity contribution is -0.140. The fraction of sp³-hybridized carbons (Fsp3) is 0.571. The first-order valence-electron chi connectivity index (χ1n) is 7.39. The van der Waals surface area contributed by atoms with Crippen LogP contribution in [0, 0.1) is 0 Å². The molecule has 0 unspecified atom stereocenters. The maximum atomic E-state index is 11.9. The molecule has 0 radical (unpaired) electrons. The van der Waals surface area contributed by atoms with Crippen LogP contribution in [0.2, 0.25) is 0 Å². The number of unbranched alkanes of at least 4 members (excludes halogenated alkanes) is 2. The van der Waals surface area contributed by atoms with Crippen LogP contribution in [0.1, 0.15) is 26.2 Å². The van der Waals surface area contributed by atoms with Gasteiger partial charge in [-0.05, 0) is 6.42 Å². The molecule has 2 rings (SSSR count). The van der Waals surface area contributed by atoms with Gasteiger partial charge in [-0.1, -0.05) is 31.5 Å². The zero-order valence-corrected chi connectivity index (χ0v) is 14.2. The van der Waals surface area contributed by atoms with Crippen molar-refractivity contribution in [2.75, 3.05) is 12.4 Å². The van der Waals surface area contributed by atoms with Gasteiger partial charge in [-0.2, -0.15) is 0 Å². The summed E-state index contributed by atoms with van der Waals surface area (Å²) in [6.45, 7) is 2.50. The van der Waals surface area contributed by atoms with E-state index in [4.69, 9.17) is 4.74 Å². The number of nitrogens with one attached hydrogen (secondary N) is 1. The highest BCUT2D eigenvalue weighted by molar-refractivity contribution is 7.99. The number of fused-ring (bicyclic) bond motifs is 1. The number of carbonyl (C=O) groups is 1. The average Bonchev–Trinajstić information content (AvgIpc) is 2.85. The minimum Gasteiger partial charge on any atom is -0.465 e. The molecule has 0 aliphatic carbocycles. The summed E-state index contributed by atoms with van der Waals surface area (Å²) in [5, 5.41) is 0.484. The Hall–Kier alpha value is -2.03. The summed E-state index contributed by atoms with van der Waals surface area (Å²) in [5.41, 5.74) is -0.425. The van der Waals surface area contributed by atoms with Crippen molar-refractivity contribution in [2.24, 2.45) is 14.1 Å². The second-order valence-corrected chi connectivity index (χ2v) is 6.10. The summed E-state index contributed by atoms with van der Waals surface area (Å²) in [4.78, 5) is 41.7. The summed E-state index contributed by atoms with van der Waals surface area (Å²) in [6, 6.07) is 0. The SMILES string of the molecule is CCCCCOC(=O)CSc1nc2c(c(=O)[nH]c(=O)n2C)n1C. The van der Waals surface area contributed by atoms with E-state index in [9.17, 15) is 14.4 Å². The summed E-state index contributed by atoms with van der Waals surface area (Å²) in [5.74, 6) is -0.212. The Morgan fingerprint density at radius 3 is 2.70 bits per heavy atom. The fourth-order valence-electron chi connectivity index (χ4n) is 2.12. The third kappa shape index (κ3) is 3.84.